The van der Waals surface area contributed by atoms with E-state index in [2.05, 4.69) is 28.9 Å². The first-order valence-corrected chi connectivity index (χ1v) is 13.2. The van der Waals surface area contributed by atoms with E-state index in [9.17, 15) is 9.59 Å². The highest BCUT2D eigenvalue weighted by Gasteiger charge is 2.27. The SMILES string of the molecule is CCC(C)CN(CC(=O)N1CCN(c2ccc(-c3ccc(OC)cc3)nn2)CC1)C(=O)c1cccs1. The molecule has 3 heterocycles. The van der Waals surface area contributed by atoms with Gasteiger partial charge >= 0.3 is 0 Å². The van der Waals surface area contributed by atoms with E-state index in [1.165, 1.54) is 11.3 Å². The van der Waals surface area contributed by atoms with Gasteiger partial charge in [-0.1, -0.05) is 26.3 Å². The standard InChI is InChI=1S/C27H33N5O3S/c1-4-20(2)18-32(27(34)24-6-5-17-36-24)19-26(33)31-15-13-30(14-16-31)25-12-11-23(28-29-25)21-7-9-22(35-3)10-8-21/h5-12,17,20H,4,13-16,18-19H2,1-3H3. The van der Waals surface area contributed by atoms with Crippen LogP contribution >= 0.6 is 11.3 Å². The fourth-order valence-electron chi connectivity index (χ4n) is 4.14. The van der Waals surface area contributed by atoms with E-state index in [1.54, 1.807) is 12.0 Å². The number of amides is 2. The van der Waals surface area contributed by atoms with Crippen LogP contribution in [0.5, 0.6) is 5.75 Å². The lowest BCUT2D eigenvalue weighted by atomic mass is 10.1. The van der Waals surface area contributed by atoms with Gasteiger partial charge in [-0.25, -0.2) is 0 Å². The van der Waals surface area contributed by atoms with E-state index in [-0.39, 0.29) is 18.4 Å². The van der Waals surface area contributed by atoms with Crippen molar-refractivity contribution in [1.82, 2.24) is 20.0 Å². The van der Waals surface area contributed by atoms with Crippen LogP contribution in [0, 0.1) is 5.92 Å². The third kappa shape index (κ3) is 6.20. The third-order valence-electron chi connectivity index (χ3n) is 6.57. The Morgan fingerprint density at radius 2 is 1.81 bits per heavy atom. The molecule has 0 N–H and O–H groups in total. The zero-order valence-corrected chi connectivity index (χ0v) is 21.9. The van der Waals surface area contributed by atoms with Crippen LogP contribution in [0.1, 0.15) is 29.9 Å². The Morgan fingerprint density at radius 1 is 1.06 bits per heavy atom. The maximum atomic E-state index is 13.1. The van der Waals surface area contributed by atoms with Crippen LogP contribution in [-0.4, -0.2) is 78.2 Å². The molecule has 0 aliphatic carbocycles. The highest BCUT2D eigenvalue weighted by molar-refractivity contribution is 7.12. The van der Waals surface area contributed by atoms with Gasteiger partial charge in [-0.05, 0) is 53.8 Å². The van der Waals surface area contributed by atoms with Crippen molar-refractivity contribution in [3.63, 3.8) is 0 Å². The van der Waals surface area contributed by atoms with E-state index < -0.39 is 0 Å². The normalized spacial score (nSPS) is 14.4. The molecular weight excluding hydrogens is 474 g/mol. The topological polar surface area (TPSA) is 78.9 Å². The second kappa shape index (κ2) is 12.0. The lowest BCUT2D eigenvalue weighted by Gasteiger charge is -2.36. The quantitative estimate of drug-likeness (QED) is 0.435. The summed E-state index contributed by atoms with van der Waals surface area (Å²) < 4.78 is 5.21. The molecule has 1 aromatic carbocycles. The van der Waals surface area contributed by atoms with Crippen LogP contribution in [0.25, 0.3) is 11.3 Å². The van der Waals surface area contributed by atoms with Gasteiger partial charge in [0, 0.05) is 38.3 Å². The Bertz CT molecular complexity index is 1130. The summed E-state index contributed by atoms with van der Waals surface area (Å²) in [6.07, 6.45) is 0.958. The minimum absolute atomic E-state index is 0.0104. The molecule has 1 saturated heterocycles. The molecule has 0 saturated carbocycles. The van der Waals surface area contributed by atoms with Gasteiger partial charge in [-0.3, -0.25) is 9.59 Å². The number of hydrogen-bond donors (Lipinski definition) is 0. The summed E-state index contributed by atoms with van der Waals surface area (Å²) in [5.41, 5.74) is 1.77. The smallest absolute Gasteiger partial charge is 0.264 e. The number of ether oxygens (including phenoxy) is 1. The molecule has 0 bridgehead atoms. The molecule has 3 aromatic rings. The molecule has 8 nitrogen and oxygen atoms in total. The summed E-state index contributed by atoms with van der Waals surface area (Å²) in [6.45, 7) is 7.42. The first-order valence-electron chi connectivity index (χ1n) is 12.3. The average molecular weight is 508 g/mol. The largest absolute Gasteiger partial charge is 0.497 e. The van der Waals surface area contributed by atoms with E-state index in [4.69, 9.17) is 4.74 Å². The fraction of sp³-hybridized carbons (Fsp3) is 0.407. The molecule has 1 atom stereocenters. The molecule has 2 aromatic heterocycles. The van der Waals surface area contributed by atoms with Crippen molar-refractivity contribution in [1.29, 1.82) is 0 Å². The average Bonchev–Trinajstić information content (AvgIpc) is 3.47. The third-order valence-corrected chi connectivity index (χ3v) is 7.42. The molecule has 1 fully saturated rings. The molecule has 9 heteroatoms. The van der Waals surface area contributed by atoms with E-state index in [1.807, 2.05) is 58.8 Å². The minimum Gasteiger partial charge on any atom is -0.497 e. The zero-order valence-electron chi connectivity index (χ0n) is 21.1. The van der Waals surface area contributed by atoms with E-state index >= 15 is 0 Å². The van der Waals surface area contributed by atoms with Gasteiger partial charge in [0.15, 0.2) is 5.82 Å². The number of carbonyl (C=O) groups is 2. The van der Waals surface area contributed by atoms with Crippen LogP contribution in [0.4, 0.5) is 5.82 Å². The number of hydrogen-bond acceptors (Lipinski definition) is 7. The molecule has 4 rings (SSSR count). The summed E-state index contributed by atoms with van der Waals surface area (Å²) in [6, 6.07) is 15.3. The number of carbonyl (C=O) groups excluding carboxylic acids is 2. The fourth-order valence-corrected chi connectivity index (χ4v) is 4.83. The van der Waals surface area contributed by atoms with Gasteiger partial charge in [0.2, 0.25) is 5.91 Å². The summed E-state index contributed by atoms with van der Waals surface area (Å²) in [5.74, 6) is 1.85. The molecule has 1 aliphatic heterocycles. The Balaban J connectivity index is 1.33. The molecule has 1 aliphatic rings. The van der Waals surface area contributed by atoms with E-state index in [0.717, 1.165) is 29.2 Å². The first-order chi connectivity index (χ1) is 17.5. The Kier molecular flexibility index (Phi) is 8.53. The van der Waals surface area contributed by atoms with Gasteiger partial charge in [0.25, 0.3) is 5.91 Å². The lowest BCUT2D eigenvalue weighted by Crippen LogP contribution is -2.52. The summed E-state index contributed by atoms with van der Waals surface area (Å²) >= 11 is 1.41. The highest BCUT2D eigenvalue weighted by Crippen LogP contribution is 2.22. The molecule has 1 unspecified atom stereocenters. The molecule has 0 radical (unpaired) electrons. The number of piperazine rings is 1. The monoisotopic (exact) mass is 507 g/mol. The van der Waals surface area contributed by atoms with Crippen molar-refractivity contribution in [3.8, 4) is 17.0 Å². The van der Waals surface area contributed by atoms with Gasteiger partial charge < -0.3 is 19.4 Å². The van der Waals surface area contributed by atoms with Crippen LogP contribution in [-0.2, 0) is 4.79 Å². The van der Waals surface area contributed by atoms with Crippen LogP contribution in [0.2, 0.25) is 0 Å². The predicted octanol–water partition coefficient (Wildman–Crippen LogP) is 4.05. The van der Waals surface area contributed by atoms with Crippen molar-refractivity contribution < 1.29 is 14.3 Å². The van der Waals surface area contributed by atoms with Gasteiger partial charge in [0.05, 0.1) is 17.7 Å². The Hall–Kier alpha value is -3.46. The number of nitrogens with zero attached hydrogens (tertiary/aromatic N) is 5. The molecule has 36 heavy (non-hydrogen) atoms. The maximum Gasteiger partial charge on any atom is 0.264 e. The molecular formula is C27H33N5O3S. The Labute approximate surface area is 216 Å². The maximum absolute atomic E-state index is 13.1. The number of benzene rings is 1. The van der Waals surface area contributed by atoms with Crippen LogP contribution in [0.15, 0.2) is 53.9 Å². The zero-order chi connectivity index (χ0) is 25.5. The number of thiophene rings is 1. The van der Waals surface area contributed by atoms with Crippen molar-refractivity contribution in [2.24, 2.45) is 5.92 Å². The molecule has 190 valence electrons. The number of methoxy groups -OCH3 is 1. The van der Waals surface area contributed by atoms with Crippen molar-refractivity contribution in [2.75, 3.05) is 51.3 Å². The summed E-state index contributed by atoms with van der Waals surface area (Å²) in [4.78, 5) is 32.5. The highest BCUT2D eigenvalue weighted by atomic mass is 32.1. The molecule has 0 spiro atoms. The predicted molar refractivity (Wildman–Crippen MR) is 142 cm³/mol. The van der Waals surface area contributed by atoms with Crippen molar-refractivity contribution in [2.45, 2.75) is 20.3 Å². The second-order valence-electron chi connectivity index (χ2n) is 9.05. The van der Waals surface area contributed by atoms with Crippen molar-refractivity contribution in [3.05, 3.63) is 58.8 Å². The first kappa shape index (κ1) is 25.6. The van der Waals surface area contributed by atoms with Crippen molar-refractivity contribution >= 4 is 29.0 Å². The number of aromatic nitrogens is 2. The number of anilines is 1. The van der Waals surface area contributed by atoms with E-state index in [0.29, 0.717) is 43.5 Å². The van der Waals surface area contributed by atoms with Gasteiger partial charge in [-0.15, -0.1) is 21.5 Å². The number of rotatable bonds is 9. The summed E-state index contributed by atoms with van der Waals surface area (Å²) in [7, 11) is 1.64. The lowest BCUT2D eigenvalue weighted by molar-refractivity contribution is -0.132. The van der Waals surface area contributed by atoms with Gasteiger partial charge in [0.1, 0.15) is 12.3 Å². The Morgan fingerprint density at radius 3 is 2.39 bits per heavy atom. The minimum atomic E-state index is -0.0653. The van der Waals surface area contributed by atoms with Crippen LogP contribution in [0.3, 0.4) is 0 Å². The molecule has 2 amide bonds. The van der Waals surface area contributed by atoms with Gasteiger partial charge in [-0.2, -0.15) is 0 Å². The summed E-state index contributed by atoms with van der Waals surface area (Å²) in [5, 5.41) is 10.7. The van der Waals surface area contributed by atoms with Crippen LogP contribution < -0.4 is 9.64 Å². The second-order valence-corrected chi connectivity index (χ2v) is 10.00.